The van der Waals surface area contributed by atoms with Crippen LogP contribution in [0.5, 0.6) is 0 Å². The van der Waals surface area contributed by atoms with Gasteiger partial charge >= 0.3 is 0 Å². The first-order valence-corrected chi connectivity index (χ1v) is 15.7. The third kappa shape index (κ3) is 8.41. The van der Waals surface area contributed by atoms with E-state index in [2.05, 4.69) is 107 Å². The number of nitrogens with zero attached hydrogens (tertiary/aromatic N) is 1. The number of halogens is 1. The van der Waals surface area contributed by atoms with Crippen LogP contribution in [0, 0.1) is 3.57 Å². The predicted molar refractivity (Wildman–Crippen MR) is 164 cm³/mol. The number of rotatable bonds is 12. The Bertz CT molecular complexity index is 874. The number of thiocarbonyl (C=S) groups is 1. The van der Waals surface area contributed by atoms with Crippen molar-refractivity contribution in [3.05, 3.63) is 63.2 Å². The maximum absolute atomic E-state index is 6.00. The zero-order valence-corrected chi connectivity index (χ0v) is 24.7. The van der Waals surface area contributed by atoms with E-state index in [1.807, 2.05) is 0 Å². The maximum atomic E-state index is 6.00. The van der Waals surface area contributed by atoms with Gasteiger partial charge in [-0.05, 0) is 95.4 Å². The number of hydrogen-bond donors (Lipinski definition) is 1. The van der Waals surface area contributed by atoms with Gasteiger partial charge in [0, 0.05) is 15.8 Å². The average Bonchev–Trinajstić information content (AvgIpc) is 2.86. The standard InChI is InChI=1S/C29H41IN2S2/c1-3-5-6-7-8-10-17-24(23-15-11-9-12-16-23)22-28-32(20-14-21-34-28)29(33)31-27-19-13-18-26(30)25(27)4-2/h9,11-13,15-16,18-19,24,28H,3-8,10,14,17,20-22H2,1-2H3,(H,31,33). The lowest BCUT2D eigenvalue weighted by Crippen LogP contribution is -2.45. The largest absolute Gasteiger partial charge is 0.337 e. The summed E-state index contributed by atoms with van der Waals surface area (Å²) in [6, 6.07) is 17.7. The highest BCUT2D eigenvalue weighted by Gasteiger charge is 2.28. The molecular formula is C29H41IN2S2. The van der Waals surface area contributed by atoms with Crippen molar-refractivity contribution >= 4 is 57.4 Å². The van der Waals surface area contributed by atoms with Crippen molar-refractivity contribution in [1.29, 1.82) is 0 Å². The van der Waals surface area contributed by atoms with E-state index in [0.717, 1.165) is 18.1 Å². The van der Waals surface area contributed by atoms with Gasteiger partial charge in [0.1, 0.15) is 0 Å². The maximum Gasteiger partial charge on any atom is 0.174 e. The zero-order valence-electron chi connectivity index (χ0n) is 20.9. The molecule has 1 saturated heterocycles. The highest BCUT2D eigenvalue weighted by atomic mass is 127. The van der Waals surface area contributed by atoms with Crippen molar-refractivity contribution in [3.8, 4) is 0 Å². The highest BCUT2D eigenvalue weighted by Crippen LogP contribution is 2.36. The third-order valence-electron chi connectivity index (χ3n) is 6.84. The van der Waals surface area contributed by atoms with Gasteiger partial charge in [-0.2, -0.15) is 0 Å². The summed E-state index contributed by atoms with van der Waals surface area (Å²) in [6.07, 6.45) is 12.8. The molecule has 2 nitrogen and oxygen atoms in total. The van der Waals surface area contributed by atoms with Crippen LogP contribution in [0.15, 0.2) is 48.5 Å². The number of anilines is 1. The molecule has 2 atom stereocenters. The smallest absolute Gasteiger partial charge is 0.174 e. The molecule has 0 bridgehead atoms. The average molecular weight is 609 g/mol. The van der Waals surface area contributed by atoms with Crippen molar-refractivity contribution in [1.82, 2.24) is 4.90 Å². The number of hydrogen-bond acceptors (Lipinski definition) is 2. The quantitative estimate of drug-likeness (QED) is 0.147. The van der Waals surface area contributed by atoms with E-state index in [0.29, 0.717) is 11.3 Å². The molecule has 5 heteroatoms. The van der Waals surface area contributed by atoms with Gasteiger partial charge in [0.15, 0.2) is 5.11 Å². The van der Waals surface area contributed by atoms with Crippen molar-refractivity contribution in [2.75, 3.05) is 17.6 Å². The molecule has 0 aliphatic carbocycles. The molecule has 1 aliphatic rings. The molecule has 0 aromatic heterocycles. The van der Waals surface area contributed by atoms with E-state index >= 15 is 0 Å². The van der Waals surface area contributed by atoms with Crippen molar-refractivity contribution < 1.29 is 0 Å². The molecule has 2 aromatic rings. The van der Waals surface area contributed by atoms with Crippen LogP contribution < -0.4 is 5.32 Å². The predicted octanol–water partition coefficient (Wildman–Crippen LogP) is 9.24. The van der Waals surface area contributed by atoms with E-state index in [1.54, 1.807) is 0 Å². The van der Waals surface area contributed by atoms with Crippen LogP contribution in [0.3, 0.4) is 0 Å². The van der Waals surface area contributed by atoms with E-state index < -0.39 is 0 Å². The Morgan fingerprint density at radius 3 is 2.59 bits per heavy atom. The molecule has 34 heavy (non-hydrogen) atoms. The SMILES string of the molecule is CCCCCCCCC(CC1SCCCN1C(=S)Nc1cccc(I)c1CC)c1ccccc1. The van der Waals surface area contributed by atoms with Gasteiger partial charge in [-0.25, -0.2) is 0 Å². The summed E-state index contributed by atoms with van der Waals surface area (Å²) >= 11 is 10.5. The molecule has 1 N–H and O–H groups in total. The summed E-state index contributed by atoms with van der Waals surface area (Å²) in [5.41, 5.74) is 4.02. The minimum atomic E-state index is 0.437. The molecular weight excluding hydrogens is 567 g/mol. The Morgan fingerprint density at radius 1 is 1.06 bits per heavy atom. The van der Waals surface area contributed by atoms with Gasteiger partial charge in [-0.15, -0.1) is 11.8 Å². The lowest BCUT2D eigenvalue weighted by molar-refractivity contribution is 0.347. The van der Waals surface area contributed by atoms with Gasteiger partial charge in [0.25, 0.3) is 0 Å². The second-order valence-electron chi connectivity index (χ2n) is 9.32. The number of thioether (sulfide) groups is 1. The Labute approximate surface area is 231 Å². The molecule has 3 rings (SSSR count). The van der Waals surface area contributed by atoms with Crippen molar-refractivity contribution in [2.45, 2.75) is 89.3 Å². The fraction of sp³-hybridized carbons (Fsp3) is 0.552. The molecule has 1 fully saturated rings. The molecule has 1 aliphatic heterocycles. The Hall–Kier alpha value is -0.790. The van der Waals surface area contributed by atoms with Crippen molar-refractivity contribution in [3.63, 3.8) is 0 Å². The summed E-state index contributed by atoms with van der Waals surface area (Å²) < 4.78 is 1.31. The van der Waals surface area contributed by atoms with E-state index in [9.17, 15) is 0 Å². The van der Waals surface area contributed by atoms with Crippen LogP contribution in [0.1, 0.15) is 88.7 Å². The van der Waals surface area contributed by atoms with E-state index in [-0.39, 0.29) is 0 Å². The summed E-state index contributed by atoms with van der Waals surface area (Å²) in [5, 5.41) is 4.95. The third-order valence-corrected chi connectivity index (χ3v) is 9.54. The molecule has 0 spiro atoms. The first-order valence-electron chi connectivity index (χ1n) is 13.2. The molecule has 2 aromatic carbocycles. The molecule has 0 amide bonds. The lowest BCUT2D eigenvalue weighted by Gasteiger charge is -2.39. The Balaban J connectivity index is 1.67. The lowest BCUT2D eigenvalue weighted by atomic mass is 9.89. The normalized spacial score (nSPS) is 16.9. The highest BCUT2D eigenvalue weighted by molar-refractivity contribution is 14.1. The molecule has 0 saturated carbocycles. The minimum absolute atomic E-state index is 0.437. The summed E-state index contributed by atoms with van der Waals surface area (Å²) in [5.74, 6) is 1.82. The van der Waals surface area contributed by atoms with Crippen LogP contribution in [-0.2, 0) is 6.42 Å². The van der Waals surface area contributed by atoms with Gasteiger partial charge < -0.3 is 10.2 Å². The molecule has 0 radical (unpaired) electrons. The van der Waals surface area contributed by atoms with Crippen LogP contribution in [0.4, 0.5) is 5.69 Å². The fourth-order valence-electron chi connectivity index (χ4n) is 4.90. The monoisotopic (exact) mass is 608 g/mol. The van der Waals surface area contributed by atoms with Crippen molar-refractivity contribution in [2.24, 2.45) is 0 Å². The minimum Gasteiger partial charge on any atom is -0.337 e. The zero-order chi connectivity index (χ0) is 24.2. The fourth-order valence-corrected chi connectivity index (χ4v) is 7.50. The first kappa shape index (κ1) is 27.8. The topological polar surface area (TPSA) is 15.3 Å². The number of unbranched alkanes of at least 4 members (excludes halogenated alkanes) is 5. The van der Waals surface area contributed by atoms with Gasteiger partial charge in [-0.3, -0.25) is 0 Å². The van der Waals surface area contributed by atoms with Gasteiger partial charge in [-0.1, -0.05) is 88.8 Å². The van der Waals surface area contributed by atoms with Crippen LogP contribution in [0.25, 0.3) is 0 Å². The molecule has 1 heterocycles. The van der Waals surface area contributed by atoms with E-state index in [1.165, 1.54) is 83.9 Å². The Morgan fingerprint density at radius 2 is 1.82 bits per heavy atom. The van der Waals surface area contributed by atoms with Crippen LogP contribution >= 0.6 is 46.6 Å². The second-order valence-corrected chi connectivity index (χ2v) is 12.2. The van der Waals surface area contributed by atoms with Gasteiger partial charge in [0.2, 0.25) is 0 Å². The number of benzene rings is 2. The van der Waals surface area contributed by atoms with Crippen LogP contribution in [0.2, 0.25) is 0 Å². The summed E-state index contributed by atoms with van der Waals surface area (Å²) in [7, 11) is 0. The second kappa shape index (κ2) is 15.4. The Kier molecular flexibility index (Phi) is 12.5. The van der Waals surface area contributed by atoms with Gasteiger partial charge in [0.05, 0.1) is 5.37 Å². The summed E-state index contributed by atoms with van der Waals surface area (Å²) in [6.45, 7) is 5.56. The summed E-state index contributed by atoms with van der Waals surface area (Å²) in [4.78, 5) is 2.47. The molecule has 186 valence electrons. The number of nitrogens with one attached hydrogen (secondary N) is 1. The van der Waals surface area contributed by atoms with E-state index in [4.69, 9.17) is 12.2 Å². The first-order chi connectivity index (χ1) is 16.6. The molecule has 2 unspecified atom stereocenters. The van der Waals surface area contributed by atoms with Crippen LogP contribution in [-0.4, -0.2) is 27.7 Å².